The maximum absolute atomic E-state index is 12.9. The van der Waals surface area contributed by atoms with Crippen LogP contribution in [0.15, 0.2) is 40.4 Å². The average molecular weight is 423 g/mol. The molecule has 0 atom stereocenters. The van der Waals surface area contributed by atoms with Gasteiger partial charge in [0.2, 0.25) is 10.0 Å². The Morgan fingerprint density at radius 1 is 1.28 bits per heavy atom. The lowest BCUT2D eigenvalue weighted by molar-refractivity contribution is -0.126. The van der Waals surface area contributed by atoms with Crippen molar-refractivity contribution in [2.24, 2.45) is 16.5 Å². The summed E-state index contributed by atoms with van der Waals surface area (Å²) in [7, 11) is -3.17. The topological polar surface area (TPSA) is 134 Å². The van der Waals surface area contributed by atoms with E-state index in [1.54, 1.807) is 11.8 Å². The molecule has 10 heteroatoms. The Labute approximate surface area is 172 Å². The summed E-state index contributed by atoms with van der Waals surface area (Å²) >= 11 is 0. The number of hydrogen-bond acceptors (Lipinski definition) is 7. The second-order valence-corrected chi connectivity index (χ2v) is 9.82. The first-order chi connectivity index (χ1) is 13.6. The van der Waals surface area contributed by atoms with Gasteiger partial charge in [-0.05, 0) is 39.0 Å². The van der Waals surface area contributed by atoms with E-state index < -0.39 is 10.0 Å². The van der Waals surface area contributed by atoms with Gasteiger partial charge in [0, 0.05) is 36.9 Å². The third-order valence-corrected chi connectivity index (χ3v) is 7.15. The SMILES string of the molecule is C=C(/N=C1\C(=C/N)C(N)=C(C)C(=O)N1C1CCC1)NC1CCN(S(C)(=O)=O)CC1. The van der Waals surface area contributed by atoms with Crippen LogP contribution < -0.4 is 16.8 Å². The van der Waals surface area contributed by atoms with Crippen molar-refractivity contribution in [3.8, 4) is 0 Å². The van der Waals surface area contributed by atoms with Crippen molar-refractivity contribution in [1.29, 1.82) is 0 Å². The Morgan fingerprint density at radius 3 is 2.38 bits per heavy atom. The third-order valence-electron chi connectivity index (χ3n) is 5.84. The molecule has 5 N–H and O–H groups in total. The zero-order valence-electron chi connectivity index (χ0n) is 17.0. The fraction of sp³-hybridized carbons (Fsp3) is 0.579. The number of carbonyl (C=O) groups is 1. The van der Waals surface area contributed by atoms with Gasteiger partial charge < -0.3 is 16.8 Å². The van der Waals surface area contributed by atoms with Crippen LogP contribution >= 0.6 is 0 Å². The first kappa shape index (κ1) is 21.4. The van der Waals surface area contributed by atoms with E-state index in [9.17, 15) is 13.2 Å². The van der Waals surface area contributed by atoms with Gasteiger partial charge in [-0.25, -0.2) is 17.7 Å². The molecule has 1 aliphatic carbocycles. The van der Waals surface area contributed by atoms with Gasteiger partial charge in [-0.3, -0.25) is 9.69 Å². The number of hydrogen-bond donors (Lipinski definition) is 3. The molecule has 160 valence electrons. The predicted octanol–water partition coefficient (Wildman–Crippen LogP) is 0.340. The number of amides is 1. The average Bonchev–Trinajstić information content (AvgIpc) is 2.61. The molecular formula is C19H30N6O3S. The van der Waals surface area contributed by atoms with Crippen molar-refractivity contribution in [2.45, 2.75) is 51.1 Å². The summed E-state index contributed by atoms with van der Waals surface area (Å²) in [6.07, 6.45) is 6.82. The van der Waals surface area contributed by atoms with Gasteiger partial charge in [-0.2, -0.15) is 0 Å². The molecule has 0 aromatic heterocycles. The van der Waals surface area contributed by atoms with E-state index >= 15 is 0 Å². The number of rotatable bonds is 5. The maximum atomic E-state index is 12.9. The van der Waals surface area contributed by atoms with Gasteiger partial charge in [0.1, 0.15) is 11.7 Å². The zero-order chi connectivity index (χ0) is 21.3. The fourth-order valence-electron chi connectivity index (χ4n) is 3.83. The third kappa shape index (κ3) is 4.32. The molecule has 1 saturated carbocycles. The lowest BCUT2D eigenvalue weighted by Gasteiger charge is -2.41. The molecule has 0 radical (unpaired) electrons. The molecule has 0 spiro atoms. The number of sulfonamides is 1. The van der Waals surface area contributed by atoms with Crippen LogP contribution in [-0.4, -0.2) is 60.8 Å². The van der Waals surface area contributed by atoms with Gasteiger partial charge in [0.25, 0.3) is 5.91 Å². The molecule has 2 fully saturated rings. The number of carbonyl (C=O) groups excluding carboxylic acids is 1. The smallest absolute Gasteiger partial charge is 0.257 e. The Hall–Kier alpha value is -2.33. The van der Waals surface area contributed by atoms with E-state index in [1.165, 1.54) is 16.8 Å². The van der Waals surface area contributed by atoms with Gasteiger partial charge in [0.15, 0.2) is 0 Å². The van der Waals surface area contributed by atoms with Gasteiger partial charge in [0.05, 0.1) is 17.5 Å². The molecule has 2 heterocycles. The minimum Gasteiger partial charge on any atom is -0.404 e. The zero-order valence-corrected chi connectivity index (χ0v) is 17.8. The minimum absolute atomic E-state index is 0.0567. The van der Waals surface area contributed by atoms with Crippen LogP contribution in [-0.2, 0) is 14.8 Å². The Kier molecular flexibility index (Phi) is 6.04. The number of piperidine rings is 1. The number of amidine groups is 1. The fourth-order valence-corrected chi connectivity index (χ4v) is 4.71. The first-order valence-corrected chi connectivity index (χ1v) is 11.7. The quantitative estimate of drug-likeness (QED) is 0.585. The van der Waals surface area contributed by atoms with E-state index in [0.29, 0.717) is 54.4 Å². The molecule has 0 aromatic carbocycles. The number of nitrogens with zero attached hydrogens (tertiary/aromatic N) is 3. The van der Waals surface area contributed by atoms with Crippen molar-refractivity contribution in [1.82, 2.24) is 14.5 Å². The molecule has 9 nitrogen and oxygen atoms in total. The summed E-state index contributed by atoms with van der Waals surface area (Å²) in [6.45, 7) is 6.60. The highest BCUT2D eigenvalue weighted by atomic mass is 32.2. The molecule has 0 unspecified atom stereocenters. The highest BCUT2D eigenvalue weighted by Crippen LogP contribution is 2.32. The summed E-state index contributed by atoms with van der Waals surface area (Å²) in [5.41, 5.74) is 13.3. The molecule has 1 saturated heterocycles. The van der Waals surface area contributed by atoms with Crippen LogP contribution in [0.3, 0.4) is 0 Å². The highest BCUT2D eigenvalue weighted by Gasteiger charge is 2.39. The summed E-state index contributed by atoms with van der Waals surface area (Å²) in [5, 5.41) is 3.25. The number of aliphatic imine (C=N–C) groups is 1. The van der Waals surface area contributed by atoms with E-state index in [2.05, 4.69) is 16.9 Å². The number of nitrogens with one attached hydrogen (secondary N) is 1. The van der Waals surface area contributed by atoms with Crippen LogP contribution in [0.4, 0.5) is 0 Å². The Morgan fingerprint density at radius 2 is 1.90 bits per heavy atom. The second kappa shape index (κ2) is 8.19. The van der Waals surface area contributed by atoms with E-state index in [-0.39, 0.29) is 18.0 Å². The summed E-state index contributed by atoms with van der Waals surface area (Å²) in [6, 6.07) is 0.145. The van der Waals surface area contributed by atoms with Crippen molar-refractivity contribution in [2.75, 3.05) is 19.3 Å². The monoisotopic (exact) mass is 422 g/mol. The lowest BCUT2D eigenvalue weighted by atomic mass is 9.88. The molecule has 0 aromatic rings. The molecule has 0 bridgehead atoms. The van der Waals surface area contributed by atoms with Crippen LogP contribution in [0.1, 0.15) is 39.0 Å². The maximum Gasteiger partial charge on any atom is 0.257 e. The largest absolute Gasteiger partial charge is 0.404 e. The first-order valence-electron chi connectivity index (χ1n) is 9.85. The normalized spacial score (nSPS) is 25.6. The molecule has 3 rings (SSSR count). The minimum atomic E-state index is -3.17. The van der Waals surface area contributed by atoms with Crippen LogP contribution in [0.25, 0.3) is 0 Å². The van der Waals surface area contributed by atoms with Gasteiger partial charge >= 0.3 is 0 Å². The molecule has 3 aliphatic rings. The van der Waals surface area contributed by atoms with Crippen molar-refractivity contribution >= 4 is 21.8 Å². The van der Waals surface area contributed by atoms with E-state index in [0.717, 1.165) is 19.3 Å². The summed E-state index contributed by atoms with van der Waals surface area (Å²) < 4.78 is 24.8. The van der Waals surface area contributed by atoms with Crippen molar-refractivity contribution < 1.29 is 13.2 Å². The Balaban J connectivity index is 1.77. The molecular weight excluding hydrogens is 392 g/mol. The van der Waals surface area contributed by atoms with Crippen molar-refractivity contribution in [3.63, 3.8) is 0 Å². The van der Waals surface area contributed by atoms with Gasteiger partial charge in [-0.1, -0.05) is 6.58 Å². The predicted molar refractivity (Wildman–Crippen MR) is 113 cm³/mol. The van der Waals surface area contributed by atoms with E-state index in [1.807, 2.05) is 0 Å². The van der Waals surface area contributed by atoms with Crippen LogP contribution in [0, 0.1) is 0 Å². The lowest BCUT2D eigenvalue weighted by Crippen LogP contribution is -2.52. The van der Waals surface area contributed by atoms with Gasteiger partial charge in [-0.15, -0.1) is 0 Å². The molecule has 29 heavy (non-hydrogen) atoms. The highest BCUT2D eigenvalue weighted by molar-refractivity contribution is 7.88. The molecule has 1 amide bonds. The van der Waals surface area contributed by atoms with Crippen molar-refractivity contribution in [3.05, 3.63) is 35.4 Å². The summed E-state index contributed by atoms with van der Waals surface area (Å²) in [4.78, 5) is 19.1. The van der Waals surface area contributed by atoms with E-state index in [4.69, 9.17) is 11.5 Å². The van der Waals surface area contributed by atoms with Crippen LogP contribution in [0.5, 0.6) is 0 Å². The van der Waals surface area contributed by atoms with Crippen LogP contribution in [0.2, 0.25) is 0 Å². The standard InChI is InChI=1S/C19H30N6O3S/c1-12-17(21)16(11-20)18(25(19(12)26)15-5-4-6-15)23-13(2)22-14-7-9-24(10-8-14)29(3,27)28/h11,14-15,22H,2,4-10,20-21H2,1,3H3/b16-11-,23-18+. The number of nitrogens with two attached hydrogens (primary N) is 2. The Bertz CT molecular complexity index is 893. The molecule has 2 aliphatic heterocycles. The second-order valence-electron chi connectivity index (χ2n) is 7.84. The summed E-state index contributed by atoms with van der Waals surface area (Å²) in [5.74, 6) is 0.684.